The van der Waals surface area contributed by atoms with Gasteiger partial charge in [-0.25, -0.2) is 4.79 Å². The molecule has 1 aromatic carbocycles. The van der Waals surface area contributed by atoms with Crippen LogP contribution in [0.15, 0.2) is 40.8 Å². The Kier molecular flexibility index (Phi) is 4.58. The van der Waals surface area contributed by atoms with Crippen LogP contribution in [0.2, 0.25) is 0 Å². The lowest BCUT2D eigenvalue weighted by atomic mass is 10.1. The number of carbonyl (C=O) groups excluding carboxylic acids is 1. The lowest BCUT2D eigenvalue weighted by Gasteiger charge is -2.11. The van der Waals surface area contributed by atoms with Gasteiger partial charge in [0.1, 0.15) is 5.76 Å². The minimum absolute atomic E-state index is 0.0229. The van der Waals surface area contributed by atoms with E-state index < -0.39 is 5.97 Å². The van der Waals surface area contributed by atoms with Crippen molar-refractivity contribution in [1.29, 1.82) is 0 Å². The summed E-state index contributed by atoms with van der Waals surface area (Å²) in [5, 5.41) is 3.36. The van der Waals surface area contributed by atoms with Gasteiger partial charge in [0.05, 0.1) is 13.2 Å². The Morgan fingerprint density at radius 2 is 1.95 bits per heavy atom. The third-order valence-corrected chi connectivity index (χ3v) is 3.17. The predicted octanol–water partition coefficient (Wildman–Crippen LogP) is 3.23. The van der Waals surface area contributed by atoms with Gasteiger partial charge in [0.15, 0.2) is 0 Å². The van der Waals surface area contributed by atoms with Crippen LogP contribution in [-0.4, -0.2) is 13.1 Å². The molecule has 0 aliphatic carbocycles. The molecule has 1 heterocycles. The molecule has 2 aromatic rings. The van der Waals surface area contributed by atoms with E-state index in [1.54, 1.807) is 12.1 Å². The number of benzene rings is 1. The Hall–Kier alpha value is -2.07. The van der Waals surface area contributed by atoms with Gasteiger partial charge < -0.3 is 14.5 Å². The molecule has 0 aliphatic rings. The maximum absolute atomic E-state index is 11.3. The Bertz CT molecular complexity index is 572. The molecule has 2 rings (SSSR count). The summed E-state index contributed by atoms with van der Waals surface area (Å²) in [6, 6.07) is 11.8. The summed E-state index contributed by atoms with van der Waals surface area (Å²) in [4.78, 5) is 11.3. The summed E-state index contributed by atoms with van der Waals surface area (Å²) in [5.41, 5.74) is 2.46. The Morgan fingerprint density at radius 1 is 1.25 bits per heavy atom. The van der Waals surface area contributed by atoms with Crippen LogP contribution in [0.1, 0.15) is 40.4 Å². The molecule has 0 radical (unpaired) electrons. The standard InChI is InChI=1S/C16H19NO3/c1-11-4-6-13(7-5-11)10-17-12(2)14-8-9-15(20-14)16(18)19-3/h4-9,12,17H,10H2,1-3H3. The largest absolute Gasteiger partial charge is 0.463 e. The van der Waals surface area contributed by atoms with Crippen molar-refractivity contribution in [3.63, 3.8) is 0 Å². The monoisotopic (exact) mass is 273 g/mol. The van der Waals surface area contributed by atoms with Crippen molar-refractivity contribution in [1.82, 2.24) is 5.32 Å². The fourth-order valence-electron chi connectivity index (χ4n) is 1.87. The number of carbonyl (C=O) groups is 1. The van der Waals surface area contributed by atoms with Gasteiger partial charge in [0, 0.05) is 6.54 Å². The highest BCUT2D eigenvalue weighted by atomic mass is 16.5. The van der Waals surface area contributed by atoms with E-state index in [0.29, 0.717) is 0 Å². The van der Waals surface area contributed by atoms with Crippen LogP contribution < -0.4 is 5.32 Å². The molecule has 1 unspecified atom stereocenters. The van der Waals surface area contributed by atoms with Crippen molar-refractivity contribution in [2.45, 2.75) is 26.4 Å². The first-order valence-corrected chi connectivity index (χ1v) is 6.57. The molecule has 0 saturated heterocycles. The Balaban J connectivity index is 1.94. The molecule has 0 bridgehead atoms. The molecular formula is C16H19NO3. The van der Waals surface area contributed by atoms with E-state index in [4.69, 9.17) is 4.42 Å². The first-order valence-electron chi connectivity index (χ1n) is 6.57. The maximum Gasteiger partial charge on any atom is 0.373 e. The van der Waals surface area contributed by atoms with Crippen molar-refractivity contribution in [3.8, 4) is 0 Å². The molecule has 20 heavy (non-hydrogen) atoms. The second kappa shape index (κ2) is 6.39. The third-order valence-electron chi connectivity index (χ3n) is 3.17. The highest BCUT2D eigenvalue weighted by Gasteiger charge is 2.14. The van der Waals surface area contributed by atoms with Crippen LogP contribution in [0.25, 0.3) is 0 Å². The second-order valence-electron chi connectivity index (χ2n) is 4.78. The molecular weight excluding hydrogens is 254 g/mol. The van der Waals surface area contributed by atoms with Gasteiger partial charge in [0.25, 0.3) is 0 Å². The number of aryl methyl sites for hydroxylation is 1. The van der Waals surface area contributed by atoms with Crippen LogP contribution >= 0.6 is 0 Å². The molecule has 0 saturated carbocycles. The quantitative estimate of drug-likeness (QED) is 0.850. The molecule has 0 amide bonds. The van der Waals surface area contributed by atoms with Crippen LogP contribution in [0.5, 0.6) is 0 Å². The summed E-state index contributed by atoms with van der Waals surface area (Å²) in [6.45, 7) is 4.81. The van der Waals surface area contributed by atoms with Crippen molar-refractivity contribution in [2.24, 2.45) is 0 Å². The lowest BCUT2D eigenvalue weighted by Crippen LogP contribution is -2.17. The van der Waals surface area contributed by atoms with Crippen molar-refractivity contribution >= 4 is 5.97 Å². The number of furan rings is 1. The normalized spacial score (nSPS) is 12.2. The highest BCUT2D eigenvalue weighted by Crippen LogP contribution is 2.17. The SMILES string of the molecule is COC(=O)c1ccc(C(C)NCc2ccc(C)cc2)o1. The summed E-state index contributed by atoms with van der Waals surface area (Å²) in [7, 11) is 1.34. The van der Waals surface area contributed by atoms with Gasteiger partial charge >= 0.3 is 5.97 Å². The van der Waals surface area contributed by atoms with Gasteiger partial charge in [0.2, 0.25) is 5.76 Å². The fourth-order valence-corrected chi connectivity index (χ4v) is 1.87. The second-order valence-corrected chi connectivity index (χ2v) is 4.78. The number of nitrogens with one attached hydrogen (secondary N) is 1. The van der Waals surface area contributed by atoms with E-state index in [2.05, 4.69) is 41.2 Å². The Morgan fingerprint density at radius 3 is 2.60 bits per heavy atom. The summed E-state index contributed by atoms with van der Waals surface area (Å²) in [6.07, 6.45) is 0. The van der Waals surface area contributed by atoms with E-state index in [1.807, 2.05) is 6.92 Å². The number of hydrogen-bond acceptors (Lipinski definition) is 4. The zero-order chi connectivity index (χ0) is 14.5. The van der Waals surface area contributed by atoms with Crippen molar-refractivity contribution in [2.75, 3.05) is 7.11 Å². The first kappa shape index (κ1) is 14.3. The summed E-state index contributed by atoms with van der Waals surface area (Å²) in [5.74, 6) is 0.492. The number of hydrogen-bond donors (Lipinski definition) is 1. The number of esters is 1. The molecule has 106 valence electrons. The smallest absolute Gasteiger partial charge is 0.373 e. The van der Waals surface area contributed by atoms with Gasteiger partial charge in [-0.15, -0.1) is 0 Å². The van der Waals surface area contributed by atoms with E-state index in [-0.39, 0.29) is 11.8 Å². The molecule has 0 spiro atoms. The lowest BCUT2D eigenvalue weighted by molar-refractivity contribution is 0.0562. The van der Waals surface area contributed by atoms with Crippen LogP contribution in [-0.2, 0) is 11.3 Å². The summed E-state index contributed by atoms with van der Waals surface area (Å²) >= 11 is 0. The van der Waals surface area contributed by atoms with Gasteiger partial charge in [-0.05, 0) is 31.5 Å². The zero-order valence-electron chi connectivity index (χ0n) is 12.0. The van der Waals surface area contributed by atoms with E-state index in [1.165, 1.54) is 18.2 Å². The zero-order valence-corrected chi connectivity index (χ0v) is 12.0. The minimum atomic E-state index is -0.456. The average molecular weight is 273 g/mol. The molecule has 4 nitrogen and oxygen atoms in total. The molecule has 0 fully saturated rings. The molecule has 1 aromatic heterocycles. The maximum atomic E-state index is 11.3. The van der Waals surface area contributed by atoms with E-state index >= 15 is 0 Å². The fraction of sp³-hybridized carbons (Fsp3) is 0.312. The van der Waals surface area contributed by atoms with Gasteiger partial charge in [-0.2, -0.15) is 0 Å². The molecule has 0 aliphatic heterocycles. The highest BCUT2D eigenvalue weighted by molar-refractivity contribution is 5.86. The molecule has 1 N–H and O–H groups in total. The van der Waals surface area contributed by atoms with Crippen molar-refractivity contribution in [3.05, 3.63) is 59.0 Å². The van der Waals surface area contributed by atoms with Gasteiger partial charge in [-0.1, -0.05) is 29.8 Å². The number of rotatable bonds is 5. The van der Waals surface area contributed by atoms with Crippen molar-refractivity contribution < 1.29 is 13.9 Å². The van der Waals surface area contributed by atoms with Crippen LogP contribution in [0, 0.1) is 6.92 Å². The van der Waals surface area contributed by atoms with Crippen LogP contribution in [0.3, 0.4) is 0 Å². The molecule has 4 heteroatoms. The topological polar surface area (TPSA) is 51.5 Å². The van der Waals surface area contributed by atoms with E-state index in [9.17, 15) is 4.79 Å². The number of methoxy groups -OCH3 is 1. The third kappa shape index (κ3) is 3.48. The number of ether oxygens (including phenoxy) is 1. The molecule has 1 atom stereocenters. The van der Waals surface area contributed by atoms with Crippen LogP contribution in [0.4, 0.5) is 0 Å². The van der Waals surface area contributed by atoms with E-state index in [0.717, 1.165) is 12.3 Å². The summed E-state index contributed by atoms with van der Waals surface area (Å²) < 4.78 is 10.1. The first-order chi connectivity index (χ1) is 9.60. The predicted molar refractivity (Wildman–Crippen MR) is 76.5 cm³/mol. The Labute approximate surface area is 118 Å². The average Bonchev–Trinajstić information content (AvgIpc) is 2.95. The van der Waals surface area contributed by atoms with Gasteiger partial charge in [-0.3, -0.25) is 0 Å². The minimum Gasteiger partial charge on any atom is -0.463 e.